The van der Waals surface area contributed by atoms with E-state index in [0.717, 1.165) is 6.54 Å². The van der Waals surface area contributed by atoms with Crippen molar-refractivity contribution in [3.8, 4) is 0 Å². The molecule has 0 unspecified atom stereocenters. The van der Waals surface area contributed by atoms with E-state index in [0.29, 0.717) is 6.54 Å². The van der Waals surface area contributed by atoms with E-state index in [4.69, 9.17) is 5.73 Å². The SMILES string of the molecule is CCCCCCCN(CCCCCCC)Cc1ccc(CN)cc1. The minimum absolute atomic E-state index is 0.638. The summed E-state index contributed by atoms with van der Waals surface area (Å²) in [7, 11) is 0. The molecule has 0 fully saturated rings. The van der Waals surface area contributed by atoms with Gasteiger partial charge in [-0.05, 0) is 37.1 Å². The first-order valence-corrected chi connectivity index (χ1v) is 10.3. The molecule has 2 N–H and O–H groups in total. The molecule has 24 heavy (non-hydrogen) atoms. The van der Waals surface area contributed by atoms with Gasteiger partial charge in [0.25, 0.3) is 0 Å². The Morgan fingerprint density at radius 2 is 1.12 bits per heavy atom. The van der Waals surface area contributed by atoms with Crippen molar-refractivity contribution in [1.82, 2.24) is 4.90 Å². The first-order chi connectivity index (χ1) is 11.8. The normalized spacial score (nSPS) is 11.3. The van der Waals surface area contributed by atoms with E-state index in [1.54, 1.807) is 0 Å². The largest absolute Gasteiger partial charge is 0.326 e. The Labute approximate surface area is 150 Å². The van der Waals surface area contributed by atoms with Crippen LogP contribution in [0, 0.1) is 0 Å². The van der Waals surface area contributed by atoms with E-state index in [1.807, 2.05) is 0 Å². The highest BCUT2D eigenvalue weighted by Gasteiger charge is 2.06. The smallest absolute Gasteiger partial charge is 0.0233 e. The van der Waals surface area contributed by atoms with Crippen molar-refractivity contribution in [2.75, 3.05) is 13.1 Å². The van der Waals surface area contributed by atoms with E-state index >= 15 is 0 Å². The highest BCUT2D eigenvalue weighted by Crippen LogP contribution is 2.12. The van der Waals surface area contributed by atoms with E-state index in [2.05, 4.69) is 43.0 Å². The first kappa shape index (κ1) is 21.2. The zero-order chi connectivity index (χ0) is 17.5. The molecule has 0 aromatic heterocycles. The molecule has 0 bridgehead atoms. The Morgan fingerprint density at radius 1 is 0.667 bits per heavy atom. The lowest BCUT2D eigenvalue weighted by Crippen LogP contribution is -2.25. The molecular weight excluding hydrogens is 292 g/mol. The molecule has 1 rings (SSSR count). The van der Waals surface area contributed by atoms with Gasteiger partial charge in [0.1, 0.15) is 0 Å². The Hall–Kier alpha value is -0.860. The molecule has 2 nitrogen and oxygen atoms in total. The molecule has 0 heterocycles. The number of benzene rings is 1. The van der Waals surface area contributed by atoms with Gasteiger partial charge in [-0.25, -0.2) is 0 Å². The van der Waals surface area contributed by atoms with Gasteiger partial charge >= 0.3 is 0 Å². The molecule has 0 saturated carbocycles. The summed E-state index contributed by atoms with van der Waals surface area (Å²) in [5, 5.41) is 0. The van der Waals surface area contributed by atoms with Gasteiger partial charge in [-0.3, -0.25) is 4.90 Å². The maximum absolute atomic E-state index is 5.70. The fraction of sp³-hybridized carbons (Fsp3) is 0.727. The van der Waals surface area contributed by atoms with Crippen molar-refractivity contribution in [2.45, 2.75) is 91.1 Å². The second-order valence-electron chi connectivity index (χ2n) is 7.13. The van der Waals surface area contributed by atoms with Crippen LogP contribution in [0.4, 0.5) is 0 Å². The lowest BCUT2D eigenvalue weighted by atomic mass is 10.1. The van der Waals surface area contributed by atoms with Crippen LogP contribution in [0.3, 0.4) is 0 Å². The fourth-order valence-corrected chi connectivity index (χ4v) is 3.19. The molecule has 0 aliphatic heterocycles. The lowest BCUT2D eigenvalue weighted by molar-refractivity contribution is 0.252. The van der Waals surface area contributed by atoms with Crippen molar-refractivity contribution >= 4 is 0 Å². The lowest BCUT2D eigenvalue weighted by Gasteiger charge is -2.22. The quantitative estimate of drug-likeness (QED) is 0.406. The van der Waals surface area contributed by atoms with Crippen LogP contribution in [0.5, 0.6) is 0 Å². The summed E-state index contributed by atoms with van der Waals surface area (Å²) in [5.74, 6) is 0. The topological polar surface area (TPSA) is 29.3 Å². The summed E-state index contributed by atoms with van der Waals surface area (Å²) in [6.45, 7) is 8.79. The van der Waals surface area contributed by atoms with Crippen molar-refractivity contribution in [2.24, 2.45) is 5.73 Å². The van der Waals surface area contributed by atoms with Crippen LogP contribution in [0.15, 0.2) is 24.3 Å². The molecule has 0 aliphatic rings. The molecule has 0 spiro atoms. The van der Waals surface area contributed by atoms with E-state index in [1.165, 1.54) is 88.4 Å². The third-order valence-electron chi connectivity index (χ3n) is 4.82. The summed E-state index contributed by atoms with van der Waals surface area (Å²) in [4.78, 5) is 2.66. The average molecular weight is 333 g/mol. The van der Waals surface area contributed by atoms with Crippen LogP contribution in [0.2, 0.25) is 0 Å². The third kappa shape index (κ3) is 10.1. The molecule has 1 aromatic carbocycles. The van der Waals surface area contributed by atoms with E-state index < -0.39 is 0 Å². The van der Waals surface area contributed by atoms with Gasteiger partial charge in [0.15, 0.2) is 0 Å². The predicted molar refractivity (Wildman–Crippen MR) is 107 cm³/mol. The highest BCUT2D eigenvalue weighted by atomic mass is 15.1. The van der Waals surface area contributed by atoms with Crippen molar-refractivity contribution in [3.63, 3.8) is 0 Å². The minimum atomic E-state index is 0.638. The third-order valence-corrected chi connectivity index (χ3v) is 4.82. The summed E-state index contributed by atoms with van der Waals surface area (Å²) >= 11 is 0. The standard InChI is InChI=1S/C22H40N2/c1-3-5-7-9-11-17-24(18-12-10-8-6-4-2)20-22-15-13-21(19-23)14-16-22/h13-16H,3-12,17-20,23H2,1-2H3. The number of hydrogen-bond acceptors (Lipinski definition) is 2. The summed E-state index contributed by atoms with van der Waals surface area (Å²) < 4.78 is 0. The molecular formula is C22H40N2. The Kier molecular flexibility index (Phi) is 12.8. The highest BCUT2D eigenvalue weighted by molar-refractivity contribution is 5.22. The molecule has 0 amide bonds. The number of nitrogens with two attached hydrogens (primary N) is 1. The summed E-state index contributed by atoms with van der Waals surface area (Å²) in [6, 6.07) is 8.86. The van der Waals surface area contributed by atoms with Gasteiger partial charge in [-0.2, -0.15) is 0 Å². The second kappa shape index (κ2) is 14.5. The van der Waals surface area contributed by atoms with E-state index in [-0.39, 0.29) is 0 Å². The van der Waals surface area contributed by atoms with Crippen molar-refractivity contribution in [3.05, 3.63) is 35.4 Å². The van der Waals surface area contributed by atoms with Crippen molar-refractivity contribution in [1.29, 1.82) is 0 Å². The maximum Gasteiger partial charge on any atom is 0.0233 e. The first-order valence-electron chi connectivity index (χ1n) is 10.3. The van der Waals surface area contributed by atoms with Gasteiger partial charge in [0, 0.05) is 13.1 Å². The molecule has 0 saturated heterocycles. The Morgan fingerprint density at radius 3 is 1.58 bits per heavy atom. The van der Waals surface area contributed by atoms with Gasteiger partial charge in [-0.1, -0.05) is 89.5 Å². The van der Waals surface area contributed by atoms with E-state index in [9.17, 15) is 0 Å². The minimum Gasteiger partial charge on any atom is -0.326 e. The van der Waals surface area contributed by atoms with Gasteiger partial charge in [-0.15, -0.1) is 0 Å². The van der Waals surface area contributed by atoms with Crippen molar-refractivity contribution < 1.29 is 0 Å². The Balaban J connectivity index is 2.39. The molecule has 1 aromatic rings. The van der Waals surface area contributed by atoms with Gasteiger partial charge in [0.2, 0.25) is 0 Å². The fourth-order valence-electron chi connectivity index (χ4n) is 3.19. The number of hydrogen-bond donors (Lipinski definition) is 1. The number of nitrogens with zero attached hydrogens (tertiary/aromatic N) is 1. The molecule has 2 heteroatoms. The molecule has 0 radical (unpaired) electrons. The van der Waals surface area contributed by atoms with Crippen LogP contribution >= 0.6 is 0 Å². The maximum atomic E-state index is 5.70. The monoisotopic (exact) mass is 332 g/mol. The van der Waals surface area contributed by atoms with Crippen LogP contribution in [-0.2, 0) is 13.1 Å². The molecule has 138 valence electrons. The van der Waals surface area contributed by atoms with Crippen LogP contribution in [0.25, 0.3) is 0 Å². The molecule has 0 aliphatic carbocycles. The Bertz CT molecular complexity index is 371. The summed E-state index contributed by atoms with van der Waals surface area (Å²) in [6.07, 6.45) is 13.7. The average Bonchev–Trinajstić information content (AvgIpc) is 2.61. The zero-order valence-corrected chi connectivity index (χ0v) is 16.2. The predicted octanol–water partition coefficient (Wildman–Crippen LogP) is 5.89. The van der Waals surface area contributed by atoms with Gasteiger partial charge in [0.05, 0.1) is 0 Å². The van der Waals surface area contributed by atoms with Crippen LogP contribution in [0.1, 0.15) is 89.2 Å². The van der Waals surface area contributed by atoms with Crippen LogP contribution < -0.4 is 5.73 Å². The number of unbranched alkanes of at least 4 members (excludes halogenated alkanes) is 8. The second-order valence-corrected chi connectivity index (χ2v) is 7.13. The summed E-state index contributed by atoms with van der Waals surface area (Å²) in [5.41, 5.74) is 8.35. The van der Waals surface area contributed by atoms with Crippen LogP contribution in [-0.4, -0.2) is 18.0 Å². The number of rotatable bonds is 15. The zero-order valence-electron chi connectivity index (χ0n) is 16.2. The van der Waals surface area contributed by atoms with Gasteiger partial charge < -0.3 is 5.73 Å². The molecule has 0 atom stereocenters.